The molecule has 1 atom stereocenters. The number of para-hydroxylation sites is 1. The topological polar surface area (TPSA) is 47.3 Å². The van der Waals surface area contributed by atoms with Gasteiger partial charge in [0, 0.05) is 30.1 Å². The van der Waals surface area contributed by atoms with Gasteiger partial charge in [-0.05, 0) is 36.8 Å². The molecule has 0 amide bonds. The zero-order valence-electron chi connectivity index (χ0n) is 13.0. The minimum atomic E-state index is 0.266. The lowest BCUT2D eigenvalue weighted by molar-refractivity contribution is 0.213. The monoisotopic (exact) mass is 296 g/mol. The second-order valence-corrected chi connectivity index (χ2v) is 6.15. The molecule has 4 rings (SSSR count). The smallest absolute Gasteiger partial charge is 0.145 e. The third-order valence-corrected chi connectivity index (χ3v) is 5.02. The van der Waals surface area contributed by atoms with Crippen LogP contribution in [0.3, 0.4) is 0 Å². The summed E-state index contributed by atoms with van der Waals surface area (Å²) in [6.07, 6.45) is 4.98. The summed E-state index contributed by atoms with van der Waals surface area (Å²) in [4.78, 5) is 4.63. The SMILES string of the molecule is COc1cccc2c1ncc1c2c2c(n1C)CCC(CO)C2. The van der Waals surface area contributed by atoms with Crippen LogP contribution < -0.4 is 4.74 Å². The number of ether oxygens (including phenoxy) is 1. The van der Waals surface area contributed by atoms with E-state index >= 15 is 0 Å². The molecule has 0 spiro atoms. The molecule has 1 aromatic carbocycles. The molecule has 0 radical (unpaired) electrons. The van der Waals surface area contributed by atoms with Gasteiger partial charge in [-0.3, -0.25) is 4.98 Å². The Morgan fingerprint density at radius 2 is 2.27 bits per heavy atom. The van der Waals surface area contributed by atoms with E-state index < -0.39 is 0 Å². The van der Waals surface area contributed by atoms with Gasteiger partial charge in [-0.1, -0.05) is 12.1 Å². The first-order valence-corrected chi connectivity index (χ1v) is 7.77. The highest BCUT2D eigenvalue weighted by Gasteiger charge is 2.25. The second kappa shape index (κ2) is 4.99. The first-order chi connectivity index (χ1) is 10.7. The largest absolute Gasteiger partial charge is 0.494 e. The maximum Gasteiger partial charge on any atom is 0.145 e. The Labute approximate surface area is 129 Å². The van der Waals surface area contributed by atoms with Gasteiger partial charge in [0.05, 0.1) is 18.8 Å². The van der Waals surface area contributed by atoms with Gasteiger partial charge in [0.15, 0.2) is 0 Å². The number of nitrogens with zero attached hydrogens (tertiary/aromatic N) is 2. The van der Waals surface area contributed by atoms with Crippen molar-refractivity contribution in [3.05, 3.63) is 35.7 Å². The molecule has 4 heteroatoms. The number of hydrogen-bond donors (Lipinski definition) is 1. The number of fused-ring (bicyclic) bond motifs is 5. The Hall–Kier alpha value is -2.07. The van der Waals surface area contributed by atoms with Crippen molar-refractivity contribution >= 4 is 21.8 Å². The maximum absolute atomic E-state index is 9.55. The average Bonchev–Trinajstić information content (AvgIpc) is 2.86. The lowest BCUT2D eigenvalue weighted by atomic mass is 9.86. The van der Waals surface area contributed by atoms with E-state index in [0.29, 0.717) is 5.92 Å². The Morgan fingerprint density at radius 3 is 3.05 bits per heavy atom. The fraction of sp³-hybridized carbons (Fsp3) is 0.389. The molecular weight excluding hydrogens is 276 g/mol. The van der Waals surface area contributed by atoms with Crippen LogP contribution in [0.25, 0.3) is 21.8 Å². The van der Waals surface area contributed by atoms with Crippen LogP contribution in [-0.2, 0) is 19.9 Å². The molecule has 114 valence electrons. The molecule has 3 aromatic rings. The van der Waals surface area contributed by atoms with E-state index in [0.717, 1.165) is 35.9 Å². The minimum Gasteiger partial charge on any atom is -0.494 e. The number of pyridine rings is 1. The van der Waals surface area contributed by atoms with Gasteiger partial charge in [0.25, 0.3) is 0 Å². The molecule has 0 saturated heterocycles. The molecule has 1 unspecified atom stereocenters. The number of hydrogen-bond acceptors (Lipinski definition) is 3. The highest BCUT2D eigenvalue weighted by atomic mass is 16.5. The standard InChI is InChI=1S/C18H20N2O2/c1-20-14-7-6-11(10-21)8-13(14)17-12-4-3-5-16(22-2)18(12)19-9-15(17)20/h3-5,9,11,21H,6-8,10H2,1-2H3. The molecule has 2 heterocycles. The summed E-state index contributed by atoms with van der Waals surface area (Å²) in [6, 6.07) is 6.09. The summed E-state index contributed by atoms with van der Waals surface area (Å²) in [5, 5.41) is 12.0. The lowest BCUT2D eigenvalue weighted by Crippen LogP contribution is -2.18. The molecule has 4 nitrogen and oxygen atoms in total. The van der Waals surface area contributed by atoms with Crippen molar-refractivity contribution in [3.8, 4) is 5.75 Å². The molecule has 0 saturated carbocycles. The summed E-state index contributed by atoms with van der Waals surface area (Å²) >= 11 is 0. The minimum absolute atomic E-state index is 0.266. The number of aliphatic hydroxyl groups excluding tert-OH is 1. The van der Waals surface area contributed by atoms with E-state index in [2.05, 4.69) is 22.7 Å². The van der Waals surface area contributed by atoms with E-state index in [1.165, 1.54) is 22.2 Å². The number of aromatic nitrogens is 2. The van der Waals surface area contributed by atoms with E-state index in [1.54, 1.807) is 7.11 Å². The van der Waals surface area contributed by atoms with Gasteiger partial charge in [-0.15, -0.1) is 0 Å². The van der Waals surface area contributed by atoms with Gasteiger partial charge in [-0.2, -0.15) is 0 Å². The maximum atomic E-state index is 9.55. The van der Waals surface area contributed by atoms with Gasteiger partial charge in [-0.25, -0.2) is 0 Å². The average molecular weight is 296 g/mol. The van der Waals surface area contributed by atoms with E-state index in [1.807, 2.05) is 18.3 Å². The van der Waals surface area contributed by atoms with E-state index in [9.17, 15) is 5.11 Å². The summed E-state index contributed by atoms with van der Waals surface area (Å²) in [7, 11) is 3.80. The van der Waals surface area contributed by atoms with E-state index in [4.69, 9.17) is 4.74 Å². The summed E-state index contributed by atoms with van der Waals surface area (Å²) in [6.45, 7) is 0.266. The number of aryl methyl sites for hydroxylation is 1. The van der Waals surface area contributed by atoms with Crippen molar-refractivity contribution in [1.82, 2.24) is 9.55 Å². The van der Waals surface area contributed by atoms with Crippen LogP contribution in [0, 0.1) is 5.92 Å². The molecule has 0 bridgehead atoms. The zero-order valence-corrected chi connectivity index (χ0v) is 13.0. The molecular formula is C18H20N2O2. The second-order valence-electron chi connectivity index (χ2n) is 6.15. The predicted octanol–water partition coefficient (Wildman–Crippen LogP) is 2.83. The van der Waals surface area contributed by atoms with Crippen LogP contribution in [0.4, 0.5) is 0 Å². The van der Waals surface area contributed by atoms with Crippen molar-refractivity contribution in [1.29, 1.82) is 0 Å². The first kappa shape index (κ1) is 13.6. The lowest BCUT2D eigenvalue weighted by Gasteiger charge is -2.21. The molecule has 1 aliphatic carbocycles. The van der Waals surface area contributed by atoms with Gasteiger partial charge in [0.2, 0.25) is 0 Å². The Bertz CT molecular complexity index is 867. The molecule has 22 heavy (non-hydrogen) atoms. The number of benzene rings is 1. The van der Waals surface area contributed by atoms with Crippen LogP contribution in [0.2, 0.25) is 0 Å². The highest BCUT2D eigenvalue weighted by molar-refractivity contribution is 6.08. The van der Waals surface area contributed by atoms with E-state index in [-0.39, 0.29) is 6.61 Å². The van der Waals surface area contributed by atoms with Gasteiger partial charge in [0.1, 0.15) is 11.3 Å². The third-order valence-electron chi connectivity index (χ3n) is 5.02. The van der Waals surface area contributed by atoms with Gasteiger partial charge >= 0.3 is 0 Å². The van der Waals surface area contributed by atoms with Crippen LogP contribution in [0.1, 0.15) is 17.7 Å². The van der Waals surface area contributed by atoms with Crippen LogP contribution in [0.15, 0.2) is 24.4 Å². The summed E-state index contributed by atoms with van der Waals surface area (Å²) in [5.41, 5.74) is 4.85. The molecule has 2 aromatic heterocycles. The number of rotatable bonds is 2. The first-order valence-electron chi connectivity index (χ1n) is 7.77. The van der Waals surface area contributed by atoms with Crippen molar-refractivity contribution in [3.63, 3.8) is 0 Å². The van der Waals surface area contributed by atoms with Crippen molar-refractivity contribution in [2.45, 2.75) is 19.3 Å². The summed E-state index contributed by atoms with van der Waals surface area (Å²) in [5.74, 6) is 1.18. The number of aliphatic hydroxyl groups is 1. The van der Waals surface area contributed by atoms with Crippen LogP contribution in [0.5, 0.6) is 5.75 Å². The fourth-order valence-electron chi connectivity index (χ4n) is 3.84. The predicted molar refractivity (Wildman–Crippen MR) is 87.4 cm³/mol. The van der Waals surface area contributed by atoms with Crippen LogP contribution >= 0.6 is 0 Å². The molecule has 1 N–H and O–H groups in total. The Kier molecular flexibility index (Phi) is 3.08. The van der Waals surface area contributed by atoms with Crippen molar-refractivity contribution in [2.75, 3.05) is 13.7 Å². The third kappa shape index (κ3) is 1.77. The van der Waals surface area contributed by atoms with Crippen molar-refractivity contribution in [2.24, 2.45) is 13.0 Å². The summed E-state index contributed by atoms with van der Waals surface area (Å²) < 4.78 is 7.73. The van der Waals surface area contributed by atoms with Crippen molar-refractivity contribution < 1.29 is 9.84 Å². The normalized spacial score (nSPS) is 17.9. The zero-order chi connectivity index (χ0) is 15.3. The van der Waals surface area contributed by atoms with Gasteiger partial charge < -0.3 is 14.4 Å². The number of methoxy groups -OCH3 is 1. The Balaban J connectivity index is 2.09. The molecule has 0 aliphatic heterocycles. The Morgan fingerprint density at radius 1 is 1.41 bits per heavy atom. The fourth-order valence-corrected chi connectivity index (χ4v) is 3.84. The van der Waals surface area contributed by atoms with Crippen LogP contribution in [-0.4, -0.2) is 28.4 Å². The molecule has 1 aliphatic rings. The quantitative estimate of drug-likeness (QED) is 0.791. The highest BCUT2D eigenvalue weighted by Crippen LogP contribution is 2.38. The molecule has 0 fully saturated rings.